The van der Waals surface area contributed by atoms with Gasteiger partial charge in [0.2, 0.25) is 0 Å². The molecule has 0 radical (unpaired) electrons. The Morgan fingerprint density at radius 1 is 1.10 bits per heavy atom. The second-order valence-electron chi connectivity index (χ2n) is 6.69. The minimum Gasteiger partial charge on any atom is -0.422 e. The number of carbonyl (C=O) groups excluding carboxylic acids is 2. The van der Waals surface area contributed by atoms with E-state index < -0.39 is 0 Å². The Bertz CT molecular complexity index is 1120. The maximum Gasteiger partial charge on any atom is 0.353 e. The Kier molecular flexibility index (Phi) is 6.13. The zero-order chi connectivity index (χ0) is 21.1. The number of carbonyl (C=O) groups is 2. The molecular formula is C23H17NO3S3. The molecular weight excluding hydrogens is 434 g/mol. The highest BCUT2D eigenvalue weighted by molar-refractivity contribution is 8.26. The number of hydrogen-bond donors (Lipinski definition) is 0. The van der Waals surface area contributed by atoms with Crippen LogP contribution in [-0.4, -0.2) is 21.1 Å². The first kappa shape index (κ1) is 20.5. The number of aryl methyl sites for hydroxylation is 1. The van der Waals surface area contributed by atoms with Crippen molar-refractivity contribution in [2.45, 2.75) is 13.5 Å². The Labute approximate surface area is 188 Å². The summed E-state index contributed by atoms with van der Waals surface area (Å²) in [6, 6.07) is 18.6. The number of thiophene rings is 1. The van der Waals surface area contributed by atoms with Crippen LogP contribution in [0.4, 0.5) is 0 Å². The maximum absolute atomic E-state index is 12.8. The van der Waals surface area contributed by atoms with E-state index in [0.29, 0.717) is 26.4 Å². The second kappa shape index (κ2) is 8.95. The first-order valence-electron chi connectivity index (χ1n) is 9.16. The summed E-state index contributed by atoms with van der Waals surface area (Å²) in [5, 5.41) is 1.83. The molecule has 0 N–H and O–H groups in total. The predicted octanol–water partition coefficient (Wildman–Crippen LogP) is 5.68. The van der Waals surface area contributed by atoms with Crippen molar-refractivity contribution in [1.29, 1.82) is 0 Å². The summed E-state index contributed by atoms with van der Waals surface area (Å²) in [4.78, 5) is 27.6. The quantitative estimate of drug-likeness (QED) is 0.216. The molecule has 0 atom stereocenters. The normalized spacial score (nSPS) is 15.1. The van der Waals surface area contributed by atoms with Gasteiger partial charge < -0.3 is 4.74 Å². The summed E-state index contributed by atoms with van der Waals surface area (Å²) in [6.07, 6.45) is 1.80. The van der Waals surface area contributed by atoms with E-state index in [-0.39, 0.29) is 11.9 Å². The molecule has 3 aromatic rings. The fraction of sp³-hybridized carbons (Fsp3) is 0.0870. The highest BCUT2D eigenvalue weighted by Gasteiger charge is 2.31. The Morgan fingerprint density at radius 2 is 1.83 bits per heavy atom. The molecule has 1 amide bonds. The molecule has 30 heavy (non-hydrogen) atoms. The van der Waals surface area contributed by atoms with Crippen LogP contribution in [0.25, 0.3) is 6.08 Å². The van der Waals surface area contributed by atoms with Crippen LogP contribution in [0.2, 0.25) is 0 Å². The van der Waals surface area contributed by atoms with Crippen molar-refractivity contribution in [3.05, 3.63) is 92.5 Å². The number of nitrogens with zero attached hydrogens (tertiary/aromatic N) is 1. The lowest BCUT2D eigenvalue weighted by molar-refractivity contribution is -0.122. The predicted molar refractivity (Wildman–Crippen MR) is 126 cm³/mol. The molecule has 1 aromatic heterocycles. The fourth-order valence-electron chi connectivity index (χ4n) is 2.85. The van der Waals surface area contributed by atoms with E-state index >= 15 is 0 Å². The molecule has 1 saturated heterocycles. The summed E-state index contributed by atoms with van der Waals surface area (Å²) < 4.78 is 5.91. The summed E-state index contributed by atoms with van der Waals surface area (Å²) in [7, 11) is 0. The third-order valence-electron chi connectivity index (χ3n) is 4.45. The van der Waals surface area contributed by atoms with Crippen LogP contribution in [-0.2, 0) is 11.3 Å². The van der Waals surface area contributed by atoms with Crippen molar-refractivity contribution < 1.29 is 14.3 Å². The molecule has 0 unspecified atom stereocenters. The molecule has 1 fully saturated rings. The third-order valence-corrected chi connectivity index (χ3v) is 6.67. The van der Waals surface area contributed by atoms with E-state index in [1.54, 1.807) is 35.2 Å². The average Bonchev–Trinajstić information content (AvgIpc) is 3.36. The van der Waals surface area contributed by atoms with Gasteiger partial charge in [-0.05, 0) is 47.7 Å². The molecule has 0 saturated carbocycles. The summed E-state index contributed by atoms with van der Waals surface area (Å²) in [6.45, 7) is 2.49. The summed E-state index contributed by atoms with van der Waals surface area (Å²) >= 11 is 8.05. The van der Waals surface area contributed by atoms with Gasteiger partial charge in [0, 0.05) is 0 Å². The zero-order valence-corrected chi connectivity index (χ0v) is 18.5. The number of rotatable bonds is 5. The molecule has 0 bridgehead atoms. The van der Waals surface area contributed by atoms with Crippen molar-refractivity contribution in [2.24, 2.45) is 0 Å². The van der Waals surface area contributed by atoms with Gasteiger partial charge >= 0.3 is 5.97 Å². The van der Waals surface area contributed by atoms with Crippen LogP contribution < -0.4 is 4.74 Å². The molecule has 7 heteroatoms. The van der Waals surface area contributed by atoms with Crippen molar-refractivity contribution in [3.8, 4) is 5.75 Å². The van der Waals surface area contributed by atoms with Gasteiger partial charge in [0.15, 0.2) is 0 Å². The number of benzene rings is 2. The Balaban J connectivity index is 1.44. The van der Waals surface area contributed by atoms with E-state index in [9.17, 15) is 9.59 Å². The monoisotopic (exact) mass is 451 g/mol. The lowest BCUT2D eigenvalue weighted by Crippen LogP contribution is -2.27. The van der Waals surface area contributed by atoms with Gasteiger partial charge in [-0.25, -0.2) is 4.79 Å². The van der Waals surface area contributed by atoms with Crippen molar-refractivity contribution in [3.63, 3.8) is 0 Å². The molecule has 1 aliphatic heterocycles. The lowest BCUT2D eigenvalue weighted by Gasteiger charge is -2.14. The van der Waals surface area contributed by atoms with Gasteiger partial charge in [-0.1, -0.05) is 72.0 Å². The molecule has 0 spiro atoms. The minimum absolute atomic E-state index is 0.0984. The number of amides is 1. The number of esters is 1. The second-order valence-corrected chi connectivity index (χ2v) is 9.31. The largest absolute Gasteiger partial charge is 0.422 e. The highest BCUT2D eigenvalue weighted by atomic mass is 32.2. The van der Waals surface area contributed by atoms with Crippen molar-refractivity contribution in [2.75, 3.05) is 0 Å². The van der Waals surface area contributed by atoms with Crippen LogP contribution >= 0.6 is 35.3 Å². The van der Waals surface area contributed by atoms with Gasteiger partial charge in [-0.3, -0.25) is 9.69 Å². The van der Waals surface area contributed by atoms with E-state index in [1.807, 2.05) is 48.7 Å². The Hall–Kier alpha value is -2.74. The van der Waals surface area contributed by atoms with Crippen molar-refractivity contribution in [1.82, 2.24) is 4.90 Å². The standard InChI is InChI=1S/C23H17NO3S3/c1-15-4-6-17(7-5-15)14-24-21(25)20(30-23(24)28)13-16-8-10-18(11-9-16)27-22(26)19-3-2-12-29-19/h2-13H,14H2,1H3/b20-13-. The van der Waals surface area contributed by atoms with E-state index in [4.69, 9.17) is 17.0 Å². The summed E-state index contributed by atoms with van der Waals surface area (Å²) in [5.74, 6) is -0.0222. The SMILES string of the molecule is Cc1ccc(CN2C(=O)/C(=C/c3ccc(OC(=O)c4cccs4)cc3)SC2=S)cc1. The van der Waals surface area contributed by atoms with Gasteiger partial charge in [0.05, 0.1) is 11.4 Å². The lowest BCUT2D eigenvalue weighted by atomic mass is 10.1. The fourth-order valence-corrected chi connectivity index (χ4v) is 4.70. The van der Waals surface area contributed by atoms with E-state index in [2.05, 4.69) is 0 Å². The maximum atomic E-state index is 12.8. The number of hydrogen-bond acceptors (Lipinski definition) is 6. The molecule has 1 aliphatic rings. The smallest absolute Gasteiger partial charge is 0.353 e. The van der Waals surface area contributed by atoms with Crippen LogP contribution in [0, 0.1) is 6.92 Å². The number of thioether (sulfide) groups is 1. The van der Waals surface area contributed by atoms with E-state index in [0.717, 1.165) is 11.1 Å². The molecule has 4 rings (SSSR count). The zero-order valence-electron chi connectivity index (χ0n) is 16.0. The summed E-state index contributed by atoms with van der Waals surface area (Å²) in [5.41, 5.74) is 3.05. The number of ether oxygens (including phenoxy) is 1. The van der Waals surface area contributed by atoms with Gasteiger partial charge in [-0.2, -0.15) is 0 Å². The first-order chi connectivity index (χ1) is 14.5. The van der Waals surface area contributed by atoms with Crippen LogP contribution in [0.3, 0.4) is 0 Å². The first-order valence-corrected chi connectivity index (χ1v) is 11.3. The minimum atomic E-state index is -0.380. The third kappa shape index (κ3) is 4.70. The number of thiocarbonyl (C=S) groups is 1. The van der Waals surface area contributed by atoms with Crippen LogP contribution in [0.5, 0.6) is 5.75 Å². The van der Waals surface area contributed by atoms with Crippen LogP contribution in [0.1, 0.15) is 26.4 Å². The van der Waals surface area contributed by atoms with Crippen molar-refractivity contribution >= 4 is 57.6 Å². The molecule has 0 aliphatic carbocycles. The Morgan fingerprint density at radius 3 is 2.50 bits per heavy atom. The average molecular weight is 452 g/mol. The van der Waals surface area contributed by atoms with Gasteiger partial charge in [0.25, 0.3) is 5.91 Å². The van der Waals surface area contributed by atoms with E-state index in [1.165, 1.54) is 28.7 Å². The molecule has 4 nitrogen and oxygen atoms in total. The molecule has 2 heterocycles. The van der Waals surface area contributed by atoms with Gasteiger partial charge in [0.1, 0.15) is 14.9 Å². The molecule has 150 valence electrons. The van der Waals surface area contributed by atoms with Crippen LogP contribution in [0.15, 0.2) is 70.9 Å². The topological polar surface area (TPSA) is 46.6 Å². The highest BCUT2D eigenvalue weighted by Crippen LogP contribution is 2.34. The molecule has 2 aromatic carbocycles. The van der Waals surface area contributed by atoms with Gasteiger partial charge in [-0.15, -0.1) is 11.3 Å².